The molecule has 2 aromatic heterocycles. The summed E-state index contributed by atoms with van der Waals surface area (Å²) in [5, 5.41) is 10.8. The molecule has 0 fully saturated rings. The van der Waals surface area contributed by atoms with Crippen LogP contribution in [0.1, 0.15) is 20.8 Å². The molecule has 0 saturated carbocycles. The third-order valence-corrected chi connectivity index (χ3v) is 5.63. The third-order valence-electron chi connectivity index (χ3n) is 4.76. The van der Waals surface area contributed by atoms with Crippen molar-refractivity contribution < 1.29 is 4.79 Å². The van der Waals surface area contributed by atoms with E-state index in [0.29, 0.717) is 16.8 Å². The van der Waals surface area contributed by atoms with Gasteiger partial charge in [0.15, 0.2) is 0 Å². The highest BCUT2D eigenvalue weighted by molar-refractivity contribution is 7.12. The molecule has 0 aliphatic carbocycles. The van der Waals surface area contributed by atoms with Gasteiger partial charge in [-0.2, -0.15) is 5.10 Å². The predicted octanol–water partition coefficient (Wildman–Crippen LogP) is 3.90. The van der Waals surface area contributed by atoms with Crippen molar-refractivity contribution in [3.63, 3.8) is 0 Å². The lowest BCUT2D eigenvalue weighted by atomic mass is 10.00. The van der Waals surface area contributed by atoms with Gasteiger partial charge in [0, 0.05) is 24.5 Å². The van der Waals surface area contributed by atoms with Crippen LogP contribution >= 0.6 is 11.3 Å². The number of thiophene rings is 1. The summed E-state index contributed by atoms with van der Waals surface area (Å²) in [6.07, 6.45) is 0. The highest BCUT2D eigenvalue weighted by atomic mass is 32.1. The Hall–Kier alpha value is -3.25. The number of nitrogens with zero attached hydrogens (tertiary/aromatic N) is 2. The number of aromatic nitrogens is 2. The van der Waals surface area contributed by atoms with Crippen LogP contribution < -0.4 is 10.9 Å². The molecular formula is C22H19N3O2S. The lowest BCUT2D eigenvalue weighted by Gasteiger charge is -2.12. The molecule has 0 bridgehead atoms. The standard InChI is InChI=1S/C22H19N3O2S/c1-14-9-10-15(12-16(14)13-23-21(26)19-8-5-11-28-19)20-17-6-3-4-7-18(17)22(27)25(2)24-20/h3-12H,13H2,1-2H3,(H,23,26). The normalized spacial score (nSPS) is 10.9. The molecule has 0 aliphatic heterocycles. The maximum atomic E-state index is 12.4. The number of hydrogen-bond donors (Lipinski definition) is 1. The molecular weight excluding hydrogens is 370 g/mol. The van der Waals surface area contributed by atoms with Crippen LogP contribution in [-0.2, 0) is 13.6 Å². The first kappa shape index (κ1) is 18.1. The van der Waals surface area contributed by atoms with Crippen molar-refractivity contribution in [1.82, 2.24) is 15.1 Å². The van der Waals surface area contributed by atoms with Crippen LogP contribution in [0.3, 0.4) is 0 Å². The number of fused-ring (bicyclic) bond motifs is 1. The number of amides is 1. The average molecular weight is 389 g/mol. The van der Waals surface area contributed by atoms with Crippen LogP contribution in [0.15, 0.2) is 64.8 Å². The summed E-state index contributed by atoms with van der Waals surface area (Å²) >= 11 is 1.42. The zero-order valence-corrected chi connectivity index (χ0v) is 16.4. The first-order valence-corrected chi connectivity index (χ1v) is 9.80. The SMILES string of the molecule is Cc1ccc(-c2nn(C)c(=O)c3ccccc23)cc1CNC(=O)c1cccs1. The summed E-state index contributed by atoms with van der Waals surface area (Å²) in [7, 11) is 1.66. The fourth-order valence-corrected chi connectivity index (χ4v) is 3.83. The molecule has 2 aromatic carbocycles. The van der Waals surface area contributed by atoms with Gasteiger partial charge < -0.3 is 5.32 Å². The number of nitrogens with one attached hydrogen (secondary N) is 1. The highest BCUT2D eigenvalue weighted by Gasteiger charge is 2.13. The minimum atomic E-state index is -0.116. The zero-order chi connectivity index (χ0) is 19.7. The Kier molecular flexibility index (Phi) is 4.79. The van der Waals surface area contributed by atoms with Gasteiger partial charge in [-0.15, -0.1) is 11.3 Å². The van der Waals surface area contributed by atoms with E-state index in [1.54, 1.807) is 7.05 Å². The second-order valence-electron chi connectivity index (χ2n) is 6.62. The van der Waals surface area contributed by atoms with Crippen LogP contribution in [0.2, 0.25) is 0 Å². The van der Waals surface area contributed by atoms with E-state index in [1.807, 2.05) is 66.9 Å². The second kappa shape index (κ2) is 7.40. The topological polar surface area (TPSA) is 64.0 Å². The summed E-state index contributed by atoms with van der Waals surface area (Å²) in [6, 6.07) is 17.2. The Balaban J connectivity index is 1.72. The van der Waals surface area contributed by atoms with E-state index < -0.39 is 0 Å². The maximum Gasteiger partial charge on any atom is 0.274 e. The molecule has 1 amide bonds. The monoisotopic (exact) mass is 389 g/mol. The van der Waals surface area contributed by atoms with E-state index in [4.69, 9.17) is 0 Å². The van der Waals surface area contributed by atoms with Crippen LogP contribution in [0.25, 0.3) is 22.0 Å². The van der Waals surface area contributed by atoms with Gasteiger partial charge in [-0.1, -0.05) is 36.4 Å². The predicted molar refractivity (Wildman–Crippen MR) is 113 cm³/mol. The average Bonchev–Trinajstić information content (AvgIpc) is 3.25. The van der Waals surface area contributed by atoms with E-state index >= 15 is 0 Å². The molecule has 28 heavy (non-hydrogen) atoms. The summed E-state index contributed by atoms with van der Waals surface area (Å²) < 4.78 is 1.37. The Morgan fingerprint density at radius 2 is 1.89 bits per heavy atom. The summed E-state index contributed by atoms with van der Waals surface area (Å²) in [5.41, 5.74) is 3.66. The van der Waals surface area contributed by atoms with Gasteiger partial charge in [0.2, 0.25) is 0 Å². The van der Waals surface area contributed by atoms with Gasteiger partial charge in [0.25, 0.3) is 11.5 Å². The van der Waals surface area contributed by atoms with E-state index in [9.17, 15) is 9.59 Å². The molecule has 0 saturated heterocycles. The lowest BCUT2D eigenvalue weighted by Crippen LogP contribution is -2.22. The molecule has 1 N–H and O–H groups in total. The van der Waals surface area contributed by atoms with Gasteiger partial charge in [-0.3, -0.25) is 9.59 Å². The number of hydrogen-bond acceptors (Lipinski definition) is 4. The molecule has 4 aromatic rings. The largest absolute Gasteiger partial charge is 0.347 e. The van der Waals surface area contributed by atoms with Gasteiger partial charge in [-0.25, -0.2) is 4.68 Å². The minimum absolute atomic E-state index is 0.0783. The van der Waals surface area contributed by atoms with Gasteiger partial charge in [-0.05, 0) is 41.6 Å². The fraction of sp³-hybridized carbons (Fsp3) is 0.136. The van der Waals surface area contributed by atoms with Crippen molar-refractivity contribution in [2.45, 2.75) is 13.5 Å². The van der Waals surface area contributed by atoms with Crippen LogP contribution in [0.4, 0.5) is 0 Å². The van der Waals surface area contributed by atoms with E-state index in [1.165, 1.54) is 16.0 Å². The molecule has 0 aliphatic rings. The second-order valence-corrected chi connectivity index (χ2v) is 7.57. The first-order chi connectivity index (χ1) is 13.5. The molecule has 0 unspecified atom stereocenters. The summed E-state index contributed by atoms with van der Waals surface area (Å²) in [5.74, 6) is -0.0783. The third kappa shape index (κ3) is 3.34. The molecule has 2 heterocycles. The van der Waals surface area contributed by atoms with Crippen LogP contribution in [0, 0.1) is 6.92 Å². The number of carbonyl (C=O) groups is 1. The number of benzene rings is 2. The number of aryl methyl sites for hydroxylation is 2. The van der Waals surface area contributed by atoms with Crippen molar-refractivity contribution in [3.8, 4) is 11.3 Å². The van der Waals surface area contributed by atoms with E-state index in [-0.39, 0.29) is 11.5 Å². The van der Waals surface area contributed by atoms with Crippen molar-refractivity contribution in [1.29, 1.82) is 0 Å². The number of carbonyl (C=O) groups excluding carboxylic acids is 1. The molecule has 140 valence electrons. The Bertz CT molecular complexity index is 1230. The molecule has 0 spiro atoms. The number of rotatable bonds is 4. The molecule has 6 heteroatoms. The minimum Gasteiger partial charge on any atom is -0.347 e. The van der Waals surface area contributed by atoms with Gasteiger partial charge in [0.1, 0.15) is 0 Å². The maximum absolute atomic E-state index is 12.4. The smallest absolute Gasteiger partial charge is 0.274 e. The van der Waals surface area contributed by atoms with Crippen molar-refractivity contribution in [3.05, 3.63) is 86.3 Å². The van der Waals surface area contributed by atoms with Crippen molar-refractivity contribution in [2.24, 2.45) is 7.05 Å². The zero-order valence-electron chi connectivity index (χ0n) is 15.6. The van der Waals surface area contributed by atoms with Crippen LogP contribution in [-0.4, -0.2) is 15.7 Å². The molecule has 0 radical (unpaired) electrons. The summed E-state index contributed by atoms with van der Waals surface area (Å²) in [6.45, 7) is 2.45. The van der Waals surface area contributed by atoms with E-state index in [0.717, 1.165) is 27.8 Å². The van der Waals surface area contributed by atoms with E-state index in [2.05, 4.69) is 10.4 Å². The van der Waals surface area contributed by atoms with Crippen molar-refractivity contribution >= 4 is 28.0 Å². The van der Waals surface area contributed by atoms with Gasteiger partial charge in [0.05, 0.1) is 16.0 Å². The van der Waals surface area contributed by atoms with Crippen LogP contribution in [0.5, 0.6) is 0 Å². The lowest BCUT2D eigenvalue weighted by molar-refractivity contribution is 0.0955. The molecule has 5 nitrogen and oxygen atoms in total. The Labute approximate surface area is 166 Å². The van der Waals surface area contributed by atoms with Gasteiger partial charge >= 0.3 is 0 Å². The Morgan fingerprint density at radius 1 is 1.11 bits per heavy atom. The molecule has 4 rings (SSSR count). The fourth-order valence-electron chi connectivity index (χ4n) is 3.19. The summed E-state index contributed by atoms with van der Waals surface area (Å²) in [4.78, 5) is 25.3. The Morgan fingerprint density at radius 3 is 2.64 bits per heavy atom. The quantitative estimate of drug-likeness (QED) is 0.576. The highest BCUT2D eigenvalue weighted by Crippen LogP contribution is 2.26. The van der Waals surface area contributed by atoms with Crippen molar-refractivity contribution in [2.75, 3.05) is 0 Å². The molecule has 0 atom stereocenters. The first-order valence-electron chi connectivity index (χ1n) is 8.92.